The Morgan fingerprint density at radius 1 is 1.08 bits per heavy atom. The number of sulfonamides is 1. The maximum absolute atomic E-state index is 13.1. The summed E-state index contributed by atoms with van der Waals surface area (Å²) in [6, 6.07) is 19.9. The van der Waals surface area contributed by atoms with Gasteiger partial charge in [0.1, 0.15) is 18.5 Å². The number of hydrogen-bond donors (Lipinski definition) is 0. The van der Waals surface area contributed by atoms with Crippen LogP contribution >= 0.6 is 0 Å². The summed E-state index contributed by atoms with van der Waals surface area (Å²) in [4.78, 5) is 0.196. The molecule has 4 rings (SSSR count). The van der Waals surface area contributed by atoms with Gasteiger partial charge in [-0.1, -0.05) is 42.5 Å². The van der Waals surface area contributed by atoms with Crippen molar-refractivity contribution < 1.29 is 17.9 Å². The highest BCUT2D eigenvalue weighted by Crippen LogP contribution is 2.30. The van der Waals surface area contributed by atoms with E-state index in [1.54, 1.807) is 31.3 Å². The Kier molecular flexibility index (Phi) is 4.30. The van der Waals surface area contributed by atoms with Gasteiger partial charge < -0.3 is 9.47 Å². The summed E-state index contributed by atoms with van der Waals surface area (Å²) < 4.78 is 38.3. The highest BCUT2D eigenvalue weighted by atomic mass is 32.2. The second-order valence-electron chi connectivity index (χ2n) is 6.21. The lowest BCUT2D eigenvalue weighted by Gasteiger charge is -2.21. The molecule has 3 aromatic rings. The topological polar surface area (TPSA) is 59.1 Å². The van der Waals surface area contributed by atoms with Gasteiger partial charge in [0.05, 0.1) is 17.2 Å². The predicted molar refractivity (Wildman–Crippen MR) is 101 cm³/mol. The van der Waals surface area contributed by atoms with Crippen molar-refractivity contribution in [3.05, 3.63) is 66.7 Å². The van der Waals surface area contributed by atoms with Gasteiger partial charge in [0, 0.05) is 18.5 Å². The fourth-order valence-electron chi connectivity index (χ4n) is 2.85. The molecule has 0 amide bonds. The molecule has 0 aromatic heterocycles. The first-order valence-corrected chi connectivity index (χ1v) is 9.81. The van der Waals surface area contributed by atoms with E-state index in [2.05, 4.69) is 0 Å². The van der Waals surface area contributed by atoms with E-state index in [0.29, 0.717) is 24.7 Å². The van der Waals surface area contributed by atoms with Crippen LogP contribution in [0.2, 0.25) is 0 Å². The lowest BCUT2D eigenvalue weighted by atomic mass is 10.1. The van der Waals surface area contributed by atoms with Crippen molar-refractivity contribution in [3.63, 3.8) is 0 Å². The molecule has 0 N–H and O–H groups in total. The molecular formula is C20H19NO4S. The summed E-state index contributed by atoms with van der Waals surface area (Å²) in [5.74, 6) is 0.521. The van der Waals surface area contributed by atoms with Crippen molar-refractivity contribution in [2.75, 3.05) is 24.6 Å². The molecule has 1 heterocycles. The van der Waals surface area contributed by atoms with Crippen LogP contribution in [0, 0.1) is 0 Å². The van der Waals surface area contributed by atoms with E-state index in [1.807, 2.05) is 42.5 Å². The number of ether oxygens (including phenoxy) is 2. The minimum atomic E-state index is -3.71. The molecule has 1 aliphatic heterocycles. The average Bonchev–Trinajstić information content (AvgIpc) is 3.50. The molecule has 1 unspecified atom stereocenters. The molecule has 1 saturated heterocycles. The number of rotatable bonds is 6. The van der Waals surface area contributed by atoms with Gasteiger partial charge in [-0.25, -0.2) is 8.42 Å². The highest BCUT2D eigenvalue weighted by molar-refractivity contribution is 7.92. The van der Waals surface area contributed by atoms with E-state index >= 15 is 0 Å². The molecule has 26 heavy (non-hydrogen) atoms. The smallest absolute Gasteiger partial charge is 0.264 e. The van der Waals surface area contributed by atoms with Gasteiger partial charge in [0.2, 0.25) is 0 Å². The zero-order valence-electron chi connectivity index (χ0n) is 14.3. The molecule has 0 radical (unpaired) electrons. The molecule has 6 heteroatoms. The molecular weight excluding hydrogens is 350 g/mol. The molecule has 1 aliphatic rings. The maximum Gasteiger partial charge on any atom is 0.264 e. The van der Waals surface area contributed by atoms with Gasteiger partial charge in [0.15, 0.2) is 0 Å². The lowest BCUT2D eigenvalue weighted by molar-refractivity contribution is 0.262. The Labute approximate surface area is 152 Å². The normalized spacial score (nSPS) is 16.4. The van der Waals surface area contributed by atoms with E-state index in [-0.39, 0.29) is 11.0 Å². The zero-order valence-corrected chi connectivity index (χ0v) is 15.1. The molecule has 0 saturated carbocycles. The fraction of sp³-hybridized carbons (Fsp3) is 0.200. The average molecular weight is 369 g/mol. The van der Waals surface area contributed by atoms with Crippen molar-refractivity contribution in [2.24, 2.45) is 0 Å². The third-order valence-electron chi connectivity index (χ3n) is 4.41. The van der Waals surface area contributed by atoms with E-state index < -0.39 is 10.0 Å². The number of anilines is 1. The highest BCUT2D eigenvalue weighted by Gasteiger charge is 2.25. The summed E-state index contributed by atoms with van der Waals surface area (Å²) in [6.07, 6.45) is 0.119. The molecule has 134 valence electrons. The van der Waals surface area contributed by atoms with Crippen molar-refractivity contribution >= 4 is 26.5 Å². The molecule has 0 aliphatic carbocycles. The SMILES string of the molecule is CN(c1cccc2ccccc12)S(=O)(=O)c1cccc(OCC2CO2)c1. The van der Waals surface area contributed by atoms with Crippen LogP contribution in [0.15, 0.2) is 71.6 Å². The zero-order chi connectivity index (χ0) is 18.1. The van der Waals surface area contributed by atoms with Crippen LogP contribution in [-0.2, 0) is 14.8 Å². The summed E-state index contributed by atoms with van der Waals surface area (Å²) in [6.45, 7) is 1.13. The van der Waals surface area contributed by atoms with Crippen LogP contribution < -0.4 is 9.04 Å². The van der Waals surface area contributed by atoms with Crippen molar-refractivity contribution in [3.8, 4) is 5.75 Å². The van der Waals surface area contributed by atoms with Gasteiger partial charge >= 0.3 is 0 Å². The monoisotopic (exact) mass is 369 g/mol. The summed E-state index contributed by atoms with van der Waals surface area (Å²) >= 11 is 0. The van der Waals surface area contributed by atoms with E-state index in [9.17, 15) is 8.42 Å². The third-order valence-corrected chi connectivity index (χ3v) is 6.18. The molecule has 5 nitrogen and oxygen atoms in total. The standard InChI is InChI=1S/C20H19NO4S/c1-21(20-11-4-7-15-6-2-3-10-19(15)20)26(22,23)18-9-5-8-16(12-18)24-13-17-14-25-17/h2-12,17H,13-14H2,1H3. The van der Waals surface area contributed by atoms with Crippen molar-refractivity contribution in [2.45, 2.75) is 11.0 Å². The van der Waals surface area contributed by atoms with Crippen LogP contribution in [0.25, 0.3) is 10.8 Å². The van der Waals surface area contributed by atoms with Gasteiger partial charge in [-0.15, -0.1) is 0 Å². The van der Waals surface area contributed by atoms with Crippen LogP contribution in [0.4, 0.5) is 5.69 Å². The molecule has 0 spiro atoms. The molecule has 1 fully saturated rings. The molecule has 3 aromatic carbocycles. The largest absolute Gasteiger partial charge is 0.491 e. The van der Waals surface area contributed by atoms with Crippen LogP contribution in [0.3, 0.4) is 0 Å². The Bertz CT molecular complexity index is 1040. The lowest BCUT2D eigenvalue weighted by Crippen LogP contribution is -2.26. The van der Waals surface area contributed by atoms with Gasteiger partial charge in [-0.3, -0.25) is 4.31 Å². The number of nitrogens with zero attached hydrogens (tertiary/aromatic N) is 1. The number of epoxide rings is 1. The minimum absolute atomic E-state index is 0.119. The Morgan fingerprint density at radius 3 is 2.62 bits per heavy atom. The number of fused-ring (bicyclic) bond motifs is 1. The third kappa shape index (κ3) is 3.25. The molecule has 0 bridgehead atoms. The van der Waals surface area contributed by atoms with E-state index in [4.69, 9.17) is 9.47 Å². The van der Waals surface area contributed by atoms with Crippen molar-refractivity contribution in [1.29, 1.82) is 0 Å². The van der Waals surface area contributed by atoms with Gasteiger partial charge in [0.25, 0.3) is 10.0 Å². The Hall–Kier alpha value is -2.57. The quantitative estimate of drug-likeness (QED) is 0.625. The minimum Gasteiger partial charge on any atom is -0.491 e. The second-order valence-corrected chi connectivity index (χ2v) is 8.18. The van der Waals surface area contributed by atoms with E-state index in [0.717, 1.165) is 10.8 Å². The maximum atomic E-state index is 13.1. The Morgan fingerprint density at radius 2 is 1.81 bits per heavy atom. The first-order valence-electron chi connectivity index (χ1n) is 8.37. The number of benzene rings is 3. The van der Waals surface area contributed by atoms with Gasteiger partial charge in [-0.2, -0.15) is 0 Å². The predicted octanol–water partition coefficient (Wildman–Crippen LogP) is 3.44. The second kappa shape index (κ2) is 6.63. The van der Waals surface area contributed by atoms with Crippen molar-refractivity contribution in [1.82, 2.24) is 0 Å². The van der Waals surface area contributed by atoms with Crippen LogP contribution in [0.1, 0.15) is 0 Å². The summed E-state index contributed by atoms with van der Waals surface area (Å²) in [7, 11) is -2.13. The van der Waals surface area contributed by atoms with Crippen LogP contribution in [0.5, 0.6) is 5.75 Å². The van der Waals surface area contributed by atoms with Gasteiger partial charge in [-0.05, 0) is 23.6 Å². The fourth-order valence-corrected chi connectivity index (χ4v) is 4.10. The molecule has 1 atom stereocenters. The van der Waals surface area contributed by atoms with Crippen LogP contribution in [-0.4, -0.2) is 34.8 Å². The number of hydrogen-bond acceptors (Lipinski definition) is 4. The first kappa shape index (κ1) is 16.9. The summed E-state index contributed by atoms with van der Waals surface area (Å²) in [5, 5.41) is 1.88. The van der Waals surface area contributed by atoms with E-state index in [1.165, 1.54) is 4.31 Å². The summed E-state index contributed by atoms with van der Waals surface area (Å²) in [5.41, 5.74) is 0.640. The first-order chi connectivity index (χ1) is 12.6. The Balaban J connectivity index is 1.68.